The van der Waals surface area contributed by atoms with E-state index in [1.807, 2.05) is 0 Å². The standard InChI is InChI=1S/C12H22O4Si/c1-6-10(17(3,4)5)8-16-12(15)9(2)7-11(13)14/h10H,2,6-8H2,1,3-5H3,(H,13,14). The van der Waals surface area contributed by atoms with Crippen molar-refractivity contribution in [3.05, 3.63) is 12.2 Å². The summed E-state index contributed by atoms with van der Waals surface area (Å²) in [6.45, 7) is 12.5. The number of hydrogen-bond acceptors (Lipinski definition) is 3. The molecule has 0 aromatic heterocycles. The molecule has 0 aromatic carbocycles. The second kappa shape index (κ2) is 6.59. The quantitative estimate of drug-likeness (QED) is 0.433. The van der Waals surface area contributed by atoms with Crippen LogP contribution in [-0.4, -0.2) is 31.7 Å². The van der Waals surface area contributed by atoms with Crippen molar-refractivity contribution in [2.75, 3.05) is 6.61 Å². The molecule has 1 atom stereocenters. The number of hydrogen-bond donors (Lipinski definition) is 1. The van der Waals surface area contributed by atoms with Gasteiger partial charge in [-0.1, -0.05) is 39.6 Å². The monoisotopic (exact) mass is 258 g/mol. The minimum absolute atomic E-state index is 0.00271. The summed E-state index contributed by atoms with van der Waals surface area (Å²) in [5.74, 6) is -1.66. The highest BCUT2D eigenvalue weighted by molar-refractivity contribution is 6.77. The Kier molecular flexibility index (Phi) is 6.16. The van der Waals surface area contributed by atoms with E-state index in [0.29, 0.717) is 12.1 Å². The van der Waals surface area contributed by atoms with Gasteiger partial charge in [0.1, 0.15) is 0 Å². The lowest BCUT2D eigenvalue weighted by molar-refractivity contribution is -0.142. The molecule has 4 nitrogen and oxygen atoms in total. The van der Waals surface area contributed by atoms with E-state index >= 15 is 0 Å². The Morgan fingerprint density at radius 2 is 1.88 bits per heavy atom. The van der Waals surface area contributed by atoms with Crippen LogP contribution >= 0.6 is 0 Å². The van der Waals surface area contributed by atoms with E-state index in [1.165, 1.54) is 0 Å². The van der Waals surface area contributed by atoms with Gasteiger partial charge in [-0.05, 0) is 5.54 Å². The molecule has 0 rings (SSSR count). The van der Waals surface area contributed by atoms with Gasteiger partial charge in [0, 0.05) is 5.57 Å². The molecule has 0 aliphatic rings. The van der Waals surface area contributed by atoms with E-state index in [2.05, 4.69) is 33.1 Å². The largest absolute Gasteiger partial charge is 0.481 e. The molecule has 0 amide bonds. The van der Waals surface area contributed by atoms with Crippen LogP contribution in [0.25, 0.3) is 0 Å². The van der Waals surface area contributed by atoms with Crippen LogP contribution in [0.15, 0.2) is 12.2 Å². The lowest BCUT2D eigenvalue weighted by Gasteiger charge is -2.27. The zero-order valence-corrected chi connectivity index (χ0v) is 12.1. The molecule has 1 N–H and O–H groups in total. The highest BCUT2D eigenvalue weighted by Crippen LogP contribution is 2.25. The first-order chi connectivity index (χ1) is 7.68. The number of esters is 1. The molecule has 0 heterocycles. The van der Waals surface area contributed by atoms with Crippen LogP contribution < -0.4 is 0 Å². The first-order valence-electron chi connectivity index (χ1n) is 5.75. The molecular formula is C12H22O4Si. The average Bonchev–Trinajstić information content (AvgIpc) is 2.15. The van der Waals surface area contributed by atoms with Gasteiger partial charge >= 0.3 is 11.9 Å². The van der Waals surface area contributed by atoms with Gasteiger partial charge in [0.15, 0.2) is 0 Å². The fourth-order valence-corrected chi connectivity index (χ4v) is 3.32. The van der Waals surface area contributed by atoms with E-state index in [-0.39, 0.29) is 12.0 Å². The number of carbonyl (C=O) groups is 2. The van der Waals surface area contributed by atoms with Crippen molar-refractivity contribution in [3.8, 4) is 0 Å². The van der Waals surface area contributed by atoms with Gasteiger partial charge in [-0.25, -0.2) is 4.79 Å². The van der Waals surface area contributed by atoms with Gasteiger partial charge in [-0.3, -0.25) is 4.79 Å². The molecule has 17 heavy (non-hydrogen) atoms. The SMILES string of the molecule is C=C(CC(=O)O)C(=O)OCC(CC)[Si](C)(C)C. The van der Waals surface area contributed by atoms with Gasteiger partial charge in [-0.15, -0.1) is 0 Å². The van der Waals surface area contributed by atoms with Gasteiger partial charge in [0.05, 0.1) is 21.1 Å². The van der Waals surface area contributed by atoms with Gasteiger partial charge in [0.25, 0.3) is 0 Å². The number of ether oxygens (including phenoxy) is 1. The van der Waals surface area contributed by atoms with Gasteiger partial charge < -0.3 is 9.84 Å². The second-order valence-electron chi connectivity index (χ2n) is 5.24. The summed E-state index contributed by atoms with van der Waals surface area (Å²) in [5.41, 5.74) is 0.395. The van der Waals surface area contributed by atoms with Crippen LogP contribution in [0.5, 0.6) is 0 Å². The summed E-state index contributed by atoms with van der Waals surface area (Å²) < 4.78 is 5.12. The second-order valence-corrected chi connectivity index (χ2v) is 10.8. The molecule has 0 radical (unpaired) electrons. The fourth-order valence-electron chi connectivity index (χ4n) is 1.51. The van der Waals surface area contributed by atoms with Crippen molar-refractivity contribution < 1.29 is 19.4 Å². The lowest BCUT2D eigenvalue weighted by Crippen LogP contribution is -2.31. The molecule has 0 spiro atoms. The van der Waals surface area contributed by atoms with E-state index in [4.69, 9.17) is 9.84 Å². The van der Waals surface area contributed by atoms with E-state index < -0.39 is 20.0 Å². The third-order valence-electron chi connectivity index (χ3n) is 2.79. The predicted octanol–water partition coefficient (Wildman–Crippen LogP) is 2.68. The van der Waals surface area contributed by atoms with Crippen LogP contribution in [0, 0.1) is 0 Å². The summed E-state index contributed by atoms with van der Waals surface area (Å²) in [5, 5.41) is 8.52. The van der Waals surface area contributed by atoms with Crippen LogP contribution in [0.1, 0.15) is 19.8 Å². The van der Waals surface area contributed by atoms with E-state index in [1.54, 1.807) is 0 Å². The highest BCUT2D eigenvalue weighted by atomic mass is 28.3. The fraction of sp³-hybridized carbons (Fsp3) is 0.667. The minimum Gasteiger partial charge on any atom is -0.481 e. The minimum atomic E-state index is -1.34. The van der Waals surface area contributed by atoms with Crippen LogP contribution in [0.2, 0.25) is 25.2 Å². The molecule has 5 heteroatoms. The third-order valence-corrected chi connectivity index (χ3v) is 5.81. The number of carbonyl (C=O) groups excluding carboxylic acids is 1. The van der Waals surface area contributed by atoms with Crippen molar-refractivity contribution in [1.29, 1.82) is 0 Å². The zero-order chi connectivity index (χ0) is 13.6. The number of rotatable bonds is 7. The zero-order valence-electron chi connectivity index (χ0n) is 11.1. The first-order valence-corrected chi connectivity index (χ1v) is 9.32. The first kappa shape index (κ1) is 15.9. The molecule has 98 valence electrons. The van der Waals surface area contributed by atoms with Crippen LogP contribution in [0.4, 0.5) is 0 Å². The van der Waals surface area contributed by atoms with Crippen molar-refractivity contribution in [2.45, 2.75) is 44.9 Å². The Morgan fingerprint density at radius 3 is 2.24 bits per heavy atom. The number of aliphatic carboxylic acids is 1. The average molecular weight is 258 g/mol. The number of carboxylic acids is 1. The normalized spacial score (nSPS) is 12.9. The topological polar surface area (TPSA) is 63.6 Å². The smallest absolute Gasteiger partial charge is 0.333 e. The van der Waals surface area contributed by atoms with Crippen molar-refractivity contribution in [3.63, 3.8) is 0 Å². The summed E-state index contributed by atoms with van der Waals surface area (Å²) in [4.78, 5) is 21.9. The van der Waals surface area contributed by atoms with Crippen LogP contribution in [0.3, 0.4) is 0 Å². The Balaban J connectivity index is 4.23. The Morgan fingerprint density at radius 1 is 1.35 bits per heavy atom. The van der Waals surface area contributed by atoms with Crippen molar-refractivity contribution in [1.82, 2.24) is 0 Å². The Hall–Kier alpha value is -1.10. The molecule has 0 aliphatic heterocycles. The molecule has 0 saturated heterocycles. The molecule has 0 fully saturated rings. The van der Waals surface area contributed by atoms with E-state index in [0.717, 1.165) is 6.42 Å². The maximum absolute atomic E-state index is 11.5. The molecule has 0 aliphatic carbocycles. The Labute approximate surface area is 104 Å². The molecule has 1 unspecified atom stereocenters. The molecule has 0 bridgehead atoms. The Bertz CT molecular complexity index is 304. The molecule has 0 saturated carbocycles. The van der Waals surface area contributed by atoms with Crippen LogP contribution in [-0.2, 0) is 14.3 Å². The maximum atomic E-state index is 11.5. The van der Waals surface area contributed by atoms with E-state index in [9.17, 15) is 9.59 Å². The highest BCUT2D eigenvalue weighted by Gasteiger charge is 2.26. The summed E-state index contributed by atoms with van der Waals surface area (Å²) >= 11 is 0. The summed E-state index contributed by atoms with van der Waals surface area (Å²) in [7, 11) is -1.34. The third kappa shape index (κ3) is 6.26. The van der Waals surface area contributed by atoms with Gasteiger partial charge in [-0.2, -0.15) is 0 Å². The predicted molar refractivity (Wildman–Crippen MR) is 69.7 cm³/mol. The van der Waals surface area contributed by atoms with Gasteiger partial charge in [0.2, 0.25) is 0 Å². The molecular weight excluding hydrogens is 236 g/mol. The van der Waals surface area contributed by atoms with Crippen molar-refractivity contribution in [2.24, 2.45) is 0 Å². The maximum Gasteiger partial charge on any atom is 0.333 e. The molecule has 0 aromatic rings. The summed E-state index contributed by atoms with van der Waals surface area (Å²) in [6.07, 6.45) is 0.608. The lowest BCUT2D eigenvalue weighted by atomic mass is 10.2. The number of carboxylic acid groups (broad SMARTS) is 1. The summed E-state index contributed by atoms with van der Waals surface area (Å²) in [6, 6.07) is 0. The van der Waals surface area contributed by atoms with Crippen molar-refractivity contribution >= 4 is 20.0 Å².